The Labute approximate surface area is 112 Å². The minimum absolute atomic E-state index is 0.375. The van der Waals surface area contributed by atoms with Crippen molar-refractivity contribution in [3.8, 4) is 5.75 Å². The minimum atomic E-state index is -1.15. The predicted octanol–water partition coefficient (Wildman–Crippen LogP) is -0.194. The molecule has 1 aliphatic carbocycles. The van der Waals surface area contributed by atoms with Gasteiger partial charge in [-0.05, 0) is 17.7 Å². The Morgan fingerprint density at radius 1 is 1.05 bits per heavy atom. The van der Waals surface area contributed by atoms with Crippen LogP contribution in [0.3, 0.4) is 0 Å². The zero-order valence-electron chi connectivity index (χ0n) is 10.7. The summed E-state index contributed by atoms with van der Waals surface area (Å²) in [7, 11) is 1.61. The summed E-state index contributed by atoms with van der Waals surface area (Å²) in [5.74, 6) is 0.792. The van der Waals surface area contributed by atoms with E-state index in [1.807, 2.05) is 24.3 Å². The molecular weight excluding hydrogens is 246 g/mol. The molecule has 0 saturated carbocycles. The van der Waals surface area contributed by atoms with Crippen LogP contribution in [0, 0.1) is 0 Å². The molecule has 0 amide bonds. The smallest absolute Gasteiger partial charge is 0.118 e. The molecule has 0 unspecified atom stereocenters. The van der Waals surface area contributed by atoms with E-state index in [0.717, 1.165) is 11.3 Å². The molecule has 5 heteroatoms. The van der Waals surface area contributed by atoms with E-state index >= 15 is 0 Å². The number of benzene rings is 1. The van der Waals surface area contributed by atoms with Gasteiger partial charge in [-0.15, -0.1) is 0 Å². The Hall–Kier alpha value is -1.40. The van der Waals surface area contributed by atoms with Crippen LogP contribution in [0.15, 0.2) is 36.4 Å². The summed E-state index contributed by atoms with van der Waals surface area (Å²) in [6, 6.07) is 7.21. The van der Waals surface area contributed by atoms with E-state index in [0.29, 0.717) is 6.54 Å². The average Bonchev–Trinajstić information content (AvgIpc) is 2.45. The van der Waals surface area contributed by atoms with Gasteiger partial charge in [0.05, 0.1) is 13.2 Å². The van der Waals surface area contributed by atoms with Crippen molar-refractivity contribution in [2.45, 2.75) is 30.9 Å². The van der Waals surface area contributed by atoms with E-state index in [9.17, 15) is 15.3 Å². The Morgan fingerprint density at radius 3 is 2.37 bits per heavy atom. The second kappa shape index (κ2) is 6.16. The van der Waals surface area contributed by atoms with Crippen LogP contribution >= 0.6 is 0 Å². The topological polar surface area (TPSA) is 82.0 Å². The van der Waals surface area contributed by atoms with Crippen LogP contribution in [0.4, 0.5) is 0 Å². The quantitative estimate of drug-likeness (QED) is 0.567. The fraction of sp³-hybridized carbons (Fsp3) is 0.429. The molecule has 2 rings (SSSR count). The monoisotopic (exact) mass is 265 g/mol. The summed E-state index contributed by atoms with van der Waals surface area (Å²) in [6.07, 6.45) is -0.0140. The molecule has 0 spiro atoms. The van der Waals surface area contributed by atoms with Gasteiger partial charge >= 0.3 is 0 Å². The Morgan fingerprint density at radius 2 is 1.74 bits per heavy atom. The first kappa shape index (κ1) is 14.0. The highest BCUT2D eigenvalue weighted by molar-refractivity contribution is 5.27. The van der Waals surface area contributed by atoms with Crippen LogP contribution in [0.5, 0.6) is 5.75 Å². The highest BCUT2D eigenvalue weighted by Gasteiger charge is 2.32. The molecule has 4 atom stereocenters. The maximum atomic E-state index is 9.82. The van der Waals surface area contributed by atoms with Gasteiger partial charge in [0, 0.05) is 6.54 Å². The number of aliphatic hydroxyl groups is 3. The van der Waals surface area contributed by atoms with Gasteiger partial charge < -0.3 is 25.4 Å². The maximum Gasteiger partial charge on any atom is 0.118 e. The fourth-order valence-corrected chi connectivity index (χ4v) is 2.04. The van der Waals surface area contributed by atoms with Gasteiger partial charge in [0.1, 0.15) is 24.1 Å². The van der Waals surface area contributed by atoms with Crippen molar-refractivity contribution in [3.63, 3.8) is 0 Å². The van der Waals surface area contributed by atoms with Crippen LogP contribution in [-0.4, -0.2) is 46.8 Å². The van der Waals surface area contributed by atoms with Crippen molar-refractivity contribution in [1.29, 1.82) is 0 Å². The van der Waals surface area contributed by atoms with E-state index in [1.165, 1.54) is 6.08 Å². The first-order chi connectivity index (χ1) is 9.11. The van der Waals surface area contributed by atoms with Crippen LogP contribution in [0.1, 0.15) is 5.56 Å². The van der Waals surface area contributed by atoms with Gasteiger partial charge in [-0.3, -0.25) is 0 Å². The zero-order valence-corrected chi connectivity index (χ0v) is 10.7. The summed E-state index contributed by atoms with van der Waals surface area (Å²) in [5, 5.41) is 31.9. The zero-order chi connectivity index (χ0) is 13.8. The SMILES string of the molecule is COc1ccc(CN[C@@H]2C=C[C@@H](O)[C@H](O)[C@H]2O)cc1. The summed E-state index contributed by atoms with van der Waals surface area (Å²) in [4.78, 5) is 0. The molecule has 0 radical (unpaired) electrons. The summed E-state index contributed by atoms with van der Waals surface area (Å²) in [6.45, 7) is 0.554. The van der Waals surface area contributed by atoms with Gasteiger partial charge in [0.15, 0.2) is 0 Å². The Balaban J connectivity index is 1.93. The van der Waals surface area contributed by atoms with Crippen molar-refractivity contribution in [2.75, 3.05) is 7.11 Å². The second-order valence-electron chi connectivity index (χ2n) is 4.61. The number of hydrogen-bond donors (Lipinski definition) is 4. The lowest BCUT2D eigenvalue weighted by molar-refractivity contribution is -0.0567. The molecule has 0 aliphatic heterocycles. The van der Waals surface area contributed by atoms with E-state index < -0.39 is 18.3 Å². The molecular formula is C14H19NO4. The van der Waals surface area contributed by atoms with Crippen molar-refractivity contribution < 1.29 is 20.1 Å². The van der Waals surface area contributed by atoms with Crippen molar-refractivity contribution in [2.24, 2.45) is 0 Å². The molecule has 4 N–H and O–H groups in total. The fourth-order valence-electron chi connectivity index (χ4n) is 2.04. The Bertz CT molecular complexity index is 432. The number of hydrogen-bond acceptors (Lipinski definition) is 5. The molecule has 104 valence electrons. The molecule has 1 aliphatic rings. The summed E-state index contributed by atoms with van der Waals surface area (Å²) < 4.78 is 5.07. The summed E-state index contributed by atoms with van der Waals surface area (Å²) in [5.41, 5.74) is 1.04. The maximum absolute atomic E-state index is 9.82. The van der Waals surface area contributed by atoms with Gasteiger partial charge in [-0.25, -0.2) is 0 Å². The van der Waals surface area contributed by atoms with Gasteiger partial charge in [-0.1, -0.05) is 24.3 Å². The lowest BCUT2D eigenvalue weighted by Gasteiger charge is -2.31. The number of rotatable bonds is 4. The molecule has 0 saturated heterocycles. The Kier molecular flexibility index (Phi) is 4.55. The van der Waals surface area contributed by atoms with Crippen molar-refractivity contribution >= 4 is 0 Å². The van der Waals surface area contributed by atoms with E-state index in [1.54, 1.807) is 13.2 Å². The standard InChI is InChI=1S/C14H19NO4/c1-19-10-4-2-9(3-5-10)8-15-11-6-7-12(16)14(18)13(11)17/h2-7,11-18H,8H2,1H3/t11-,12-,13+,14+/m1/s1. The minimum Gasteiger partial charge on any atom is -0.497 e. The molecule has 0 bridgehead atoms. The predicted molar refractivity (Wildman–Crippen MR) is 70.8 cm³/mol. The number of nitrogens with one attached hydrogen (secondary N) is 1. The second-order valence-corrected chi connectivity index (χ2v) is 4.61. The first-order valence-electron chi connectivity index (χ1n) is 6.20. The van der Waals surface area contributed by atoms with Crippen molar-refractivity contribution in [3.05, 3.63) is 42.0 Å². The summed E-state index contributed by atoms with van der Waals surface area (Å²) >= 11 is 0. The third-order valence-electron chi connectivity index (χ3n) is 3.28. The number of aliphatic hydroxyl groups excluding tert-OH is 3. The van der Waals surface area contributed by atoms with Gasteiger partial charge in [-0.2, -0.15) is 0 Å². The first-order valence-corrected chi connectivity index (χ1v) is 6.20. The lowest BCUT2D eigenvalue weighted by atomic mass is 9.94. The molecule has 0 aromatic heterocycles. The van der Waals surface area contributed by atoms with E-state index in [2.05, 4.69) is 5.32 Å². The highest BCUT2D eigenvalue weighted by Crippen LogP contribution is 2.15. The van der Waals surface area contributed by atoms with Gasteiger partial charge in [0.2, 0.25) is 0 Å². The average molecular weight is 265 g/mol. The van der Waals surface area contributed by atoms with Crippen LogP contribution in [0.25, 0.3) is 0 Å². The number of methoxy groups -OCH3 is 1. The molecule has 0 fully saturated rings. The van der Waals surface area contributed by atoms with Crippen LogP contribution in [0.2, 0.25) is 0 Å². The molecule has 1 aromatic carbocycles. The third kappa shape index (κ3) is 3.33. The molecule has 1 aromatic rings. The third-order valence-corrected chi connectivity index (χ3v) is 3.28. The largest absolute Gasteiger partial charge is 0.497 e. The van der Waals surface area contributed by atoms with Gasteiger partial charge in [0.25, 0.3) is 0 Å². The van der Waals surface area contributed by atoms with E-state index in [-0.39, 0.29) is 6.04 Å². The van der Waals surface area contributed by atoms with E-state index in [4.69, 9.17) is 4.74 Å². The highest BCUT2D eigenvalue weighted by atomic mass is 16.5. The van der Waals surface area contributed by atoms with Crippen LogP contribution < -0.4 is 10.1 Å². The molecule has 5 nitrogen and oxygen atoms in total. The molecule has 0 heterocycles. The molecule has 19 heavy (non-hydrogen) atoms. The van der Waals surface area contributed by atoms with Crippen LogP contribution in [-0.2, 0) is 6.54 Å². The van der Waals surface area contributed by atoms with Crippen molar-refractivity contribution in [1.82, 2.24) is 5.32 Å². The lowest BCUT2D eigenvalue weighted by Crippen LogP contribution is -2.51. The number of ether oxygens (including phenoxy) is 1. The normalized spacial score (nSPS) is 30.3.